The molecule has 0 radical (unpaired) electrons. The number of sulfonamides is 1. The van der Waals surface area contributed by atoms with Crippen molar-refractivity contribution in [2.45, 2.75) is 24.3 Å². The fourth-order valence-corrected chi connectivity index (χ4v) is 3.51. The lowest BCUT2D eigenvalue weighted by Gasteiger charge is -2.16. The van der Waals surface area contributed by atoms with Crippen molar-refractivity contribution in [3.05, 3.63) is 29.8 Å². The van der Waals surface area contributed by atoms with Gasteiger partial charge in [0.2, 0.25) is 0 Å². The van der Waals surface area contributed by atoms with Crippen LogP contribution in [0.15, 0.2) is 33.6 Å². The minimum absolute atomic E-state index is 0.0649. The molecule has 0 saturated heterocycles. The highest BCUT2D eigenvalue weighted by Crippen LogP contribution is 2.27. The van der Waals surface area contributed by atoms with Gasteiger partial charge in [0.25, 0.3) is 10.0 Å². The Morgan fingerprint density at radius 3 is 2.79 bits per heavy atom. The predicted molar refractivity (Wildman–Crippen MR) is 74.1 cm³/mol. The van der Waals surface area contributed by atoms with Crippen LogP contribution in [0.25, 0.3) is 0 Å². The molecule has 1 unspecified atom stereocenters. The number of nitrogens with zero attached hydrogens (tertiary/aromatic N) is 1. The quantitative estimate of drug-likeness (QED) is 0.851. The molecule has 104 valence electrons. The molecule has 0 saturated carbocycles. The smallest absolute Gasteiger partial charge is 0.283 e. The highest BCUT2D eigenvalue weighted by molar-refractivity contribution is 7.90. The van der Waals surface area contributed by atoms with E-state index in [0.29, 0.717) is 29.2 Å². The van der Waals surface area contributed by atoms with Gasteiger partial charge < -0.3 is 10.1 Å². The van der Waals surface area contributed by atoms with E-state index in [0.717, 1.165) is 6.54 Å². The van der Waals surface area contributed by atoms with Gasteiger partial charge in [-0.25, -0.2) is 0 Å². The Morgan fingerprint density at radius 2 is 2.11 bits per heavy atom. The molecular formula is C13H18N2O3S. The fourth-order valence-electron chi connectivity index (χ4n) is 2.23. The Kier molecular flexibility index (Phi) is 4.34. The topological polar surface area (TPSA) is 67.8 Å². The van der Waals surface area contributed by atoms with Gasteiger partial charge in [0.15, 0.2) is 0 Å². The van der Waals surface area contributed by atoms with Crippen LogP contribution in [-0.4, -0.2) is 40.4 Å². The minimum atomic E-state index is -3.51. The van der Waals surface area contributed by atoms with Crippen LogP contribution < -0.4 is 5.32 Å². The van der Waals surface area contributed by atoms with E-state index in [1.807, 2.05) is 13.0 Å². The van der Waals surface area contributed by atoms with Crippen LogP contribution in [0.4, 0.5) is 0 Å². The first kappa shape index (κ1) is 14.2. The summed E-state index contributed by atoms with van der Waals surface area (Å²) in [7, 11) is -1.88. The number of fused-ring (bicyclic) bond motifs is 1. The molecule has 1 aliphatic rings. The van der Waals surface area contributed by atoms with Crippen LogP contribution in [0, 0.1) is 0 Å². The molecule has 19 heavy (non-hydrogen) atoms. The second kappa shape index (κ2) is 5.81. The predicted octanol–water partition coefficient (Wildman–Crippen LogP) is 1.19. The molecule has 0 aromatic heterocycles. The van der Waals surface area contributed by atoms with Crippen molar-refractivity contribution in [3.8, 4) is 0 Å². The lowest BCUT2D eigenvalue weighted by Crippen LogP contribution is -2.35. The van der Waals surface area contributed by atoms with Crippen molar-refractivity contribution in [3.63, 3.8) is 0 Å². The third-order valence-corrected chi connectivity index (χ3v) is 4.38. The van der Waals surface area contributed by atoms with Crippen molar-refractivity contribution in [1.82, 2.24) is 5.32 Å². The average Bonchev–Trinajstić information content (AvgIpc) is 2.63. The summed E-state index contributed by atoms with van der Waals surface area (Å²) in [6.45, 7) is 3.33. The van der Waals surface area contributed by atoms with Crippen LogP contribution in [-0.2, 0) is 14.8 Å². The molecule has 0 fully saturated rings. The van der Waals surface area contributed by atoms with Gasteiger partial charge in [-0.2, -0.15) is 12.8 Å². The molecule has 1 aliphatic heterocycles. The highest BCUT2D eigenvalue weighted by Gasteiger charge is 2.29. The largest absolute Gasteiger partial charge is 0.383 e. The molecule has 5 nitrogen and oxygen atoms in total. The van der Waals surface area contributed by atoms with Gasteiger partial charge >= 0.3 is 0 Å². The van der Waals surface area contributed by atoms with Gasteiger partial charge in [-0.05, 0) is 12.6 Å². The van der Waals surface area contributed by atoms with Gasteiger partial charge in [-0.15, -0.1) is 0 Å². The molecule has 1 atom stereocenters. The average molecular weight is 282 g/mol. The first-order chi connectivity index (χ1) is 9.08. The maximum absolute atomic E-state index is 11.9. The summed E-state index contributed by atoms with van der Waals surface area (Å²) in [5.74, 6) is 0. The summed E-state index contributed by atoms with van der Waals surface area (Å²) in [6.07, 6.45) is 0.540. The number of benzene rings is 1. The first-order valence-electron chi connectivity index (χ1n) is 6.24. The normalized spacial score (nSPS) is 17.9. The number of ether oxygens (including phenoxy) is 1. The van der Waals surface area contributed by atoms with Crippen LogP contribution >= 0.6 is 0 Å². The summed E-state index contributed by atoms with van der Waals surface area (Å²) in [5, 5.41) is 3.27. The molecule has 0 bridgehead atoms. The maximum Gasteiger partial charge on any atom is 0.283 e. The minimum Gasteiger partial charge on any atom is -0.383 e. The van der Waals surface area contributed by atoms with Crippen molar-refractivity contribution >= 4 is 15.7 Å². The van der Waals surface area contributed by atoms with Crippen LogP contribution in [0.2, 0.25) is 0 Å². The standard InChI is InChI=1S/C13H18N2O3S/c1-3-14-10(9-18-2)8-12-11-6-4-5-7-13(11)19(16,17)15-12/h4-7,10,14H,3,8-9H2,1-2H3. The molecule has 1 aromatic rings. The Bertz CT molecular complexity index is 575. The number of hydrogen-bond acceptors (Lipinski definition) is 4. The summed E-state index contributed by atoms with van der Waals surface area (Å²) in [4.78, 5) is 0.303. The number of nitrogens with one attached hydrogen (secondary N) is 1. The lowest BCUT2D eigenvalue weighted by molar-refractivity contribution is 0.169. The first-order valence-corrected chi connectivity index (χ1v) is 7.68. The second-order valence-electron chi connectivity index (χ2n) is 4.42. The Hall–Kier alpha value is -1.24. The third kappa shape index (κ3) is 3.02. The van der Waals surface area contributed by atoms with Crippen LogP contribution in [0.1, 0.15) is 18.9 Å². The van der Waals surface area contributed by atoms with Gasteiger partial charge in [-0.3, -0.25) is 0 Å². The number of methoxy groups -OCH3 is 1. The Labute approximate surface area is 113 Å². The van der Waals surface area contributed by atoms with Gasteiger partial charge in [0, 0.05) is 25.1 Å². The van der Waals surface area contributed by atoms with Crippen molar-refractivity contribution in [2.75, 3.05) is 20.3 Å². The van der Waals surface area contributed by atoms with E-state index in [1.54, 1.807) is 25.3 Å². The number of likely N-dealkylation sites (N-methyl/N-ethyl adjacent to an activating group) is 1. The zero-order valence-corrected chi connectivity index (χ0v) is 11.9. The molecule has 1 N–H and O–H groups in total. The van der Waals surface area contributed by atoms with E-state index in [9.17, 15) is 8.42 Å². The zero-order chi connectivity index (χ0) is 13.9. The molecule has 0 spiro atoms. The molecule has 0 aliphatic carbocycles. The summed E-state index contributed by atoms with van der Waals surface area (Å²) < 4.78 is 32.9. The molecule has 1 aromatic carbocycles. The van der Waals surface area contributed by atoms with E-state index < -0.39 is 10.0 Å². The molecule has 2 rings (SSSR count). The monoisotopic (exact) mass is 282 g/mol. The summed E-state index contributed by atoms with van der Waals surface area (Å²) in [5.41, 5.74) is 1.32. The maximum atomic E-state index is 11.9. The second-order valence-corrected chi connectivity index (χ2v) is 6.00. The molecular weight excluding hydrogens is 264 g/mol. The summed E-state index contributed by atoms with van der Waals surface area (Å²) >= 11 is 0. The molecule has 6 heteroatoms. The van der Waals surface area contributed by atoms with Gasteiger partial charge in [-0.1, -0.05) is 25.1 Å². The molecule has 0 amide bonds. The van der Waals surface area contributed by atoms with Gasteiger partial charge in [0.1, 0.15) is 0 Å². The van der Waals surface area contributed by atoms with Crippen molar-refractivity contribution in [2.24, 2.45) is 4.40 Å². The van der Waals surface area contributed by atoms with E-state index in [2.05, 4.69) is 9.71 Å². The fraction of sp³-hybridized carbons (Fsp3) is 0.462. The van der Waals surface area contributed by atoms with Crippen LogP contribution in [0.5, 0.6) is 0 Å². The highest BCUT2D eigenvalue weighted by atomic mass is 32.2. The Balaban J connectivity index is 2.26. The lowest BCUT2D eigenvalue weighted by atomic mass is 10.0. The summed E-state index contributed by atoms with van der Waals surface area (Å²) in [6, 6.07) is 7.00. The van der Waals surface area contributed by atoms with Crippen molar-refractivity contribution < 1.29 is 13.2 Å². The van der Waals surface area contributed by atoms with Crippen molar-refractivity contribution in [1.29, 1.82) is 0 Å². The SMILES string of the molecule is CCNC(COC)CC1=NS(=O)(=O)c2ccccc21. The Morgan fingerprint density at radius 1 is 1.37 bits per heavy atom. The number of hydrogen-bond donors (Lipinski definition) is 1. The number of rotatable bonds is 6. The third-order valence-electron chi connectivity index (χ3n) is 3.01. The van der Waals surface area contributed by atoms with E-state index in [-0.39, 0.29) is 6.04 Å². The van der Waals surface area contributed by atoms with Gasteiger partial charge in [0.05, 0.1) is 17.2 Å². The van der Waals surface area contributed by atoms with E-state index >= 15 is 0 Å². The van der Waals surface area contributed by atoms with E-state index in [4.69, 9.17) is 4.74 Å². The van der Waals surface area contributed by atoms with Crippen LogP contribution in [0.3, 0.4) is 0 Å². The van der Waals surface area contributed by atoms with E-state index in [1.165, 1.54) is 0 Å². The zero-order valence-electron chi connectivity index (χ0n) is 11.1. The molecule has 1 heterocycles.